The minimum atomic E-state index is -1.52. The van der Waals surface area contributed by atoms with E-state index in [2.05, 4.69) is 6.07 Å². The molecule has 3 N–H and O–H groups in total. The number of carbonyl (C=O) groups excluding carboxylic acids is 2. The Hall–Kier alpha value is -1.54. The van der Waals surface area contributed by atoms with Gasteiger partial charge in [0.05, 0.1) is 23.0 Å². The van der Waals surface area contributed by atoms with Gasteiger partial charge in [0.1, 0.15) is 23.1 Å². The number of imide groups is 1. The quantitative estimate of drug-likeness (QED) is 0.477. The van der Waals surface area contributed by atoms with Crippen molar-refractivity contribution >= 4 is 40.1 Å². The molecule has 1 aromatic rings. The van der Waals surface area contributed by atoms with Gasteiger partial charge in [-0.05, 0) is 54.6 Å². The first-order valence-electron chi connectivity index (χ1n) is 7.85. The number of carbonyl (C=O) groups is 2. The highest BCUT2D eigenvalue weighted by Gasteiger charge is 2.82. The summed E-state index contributed by atoms with van der Waals surface area (Å²) in [6.07, 6.45) is -0.661. The number of fused-ring (bicyclic) bond motifs is 5. The Bertz CT molecular complexity index is 881. The van der Waals surface area contributed by atoms with Crippen molar-refractivity contribution in [2.75, 3.05) is 4.90 Å². The van der Waals surface area contributed by atoms with E-state index in [1.807, 2.05) is 22.6 Å². The van der Waals surface area contributed by atoms with Crippen molar-refractivity contribution < 1.29 is 19.4 Å². The molecule has 0 saturated carbocycles. The number of halogens is 1. The minimum Gasteiger partial charge on any atom is -0.390 e. The van der Waals surface area contributed by atoms with Gasteiger partial charge in [-0.1, -0.05) is 0 Å². The number of aliphatic hydroxyl groups is 1. The van der Waals surface area contributed by atoms with Crippen LogP contribution in [-0.4, -0.2) is 39.8 Å². The number of aliphatic hydroxyl groups excluding tert-OH is 1. The highest BCUT2D eigenvalue weighted by Crippen LogP contribution is 2.62. The molecule has 8 heteroatoms. The molecule has 2 amide bonds. The predicted octanol–water partition coefficient (Wildman–Crippen LogP) is 0.662. The lowest BCUT2D eigenvalue weighted by molar-refractivity contribution is -0.132. The number of amides is 2. The van der Waals surface area contributed by atoms with Crippen LogP contribution >= 0.6 is 22.6 Å². The van der Waals surface area contributed by atoms with Gasteiger partial charge in [0.2, 0.25) is 5.91 Å². The summed E-state index contributed by atoms with van der Waals surface area (Å²) >= 11 is 1.99. The Balaban J connectivity index is 1.85. The molecule has 1 aromatic carbocycles. The number of benzene rings is 1. The number of nitrogens with two attached hydrogens (primary N) is 1. The summed E-state index contributed by atoms with van der Waals surface area (Å²) in [4.78, 5) is 27.4. The maximum absolute atomic E-state index is 13.2. The van der Waals surface area contributed by atoms with Gasteiger partial charge in [-0.2, -0.15) is 5.26 Å². The van der Waals surface area contributed by atoms with Crippen LogP contribution in [-0.2, 0) is 14.3 Å². The van der Waals surface area contributed by atoms with E-state index in [1.165, 1.54) is 0 Å². The molecule has 130 valence electrons. The maximum atomic E-state index is 13.2. The summed E-state index contributed by atoms with van der Waals surface area (Å²) < 4.78 is 6.56. The Morgan fingerprint density at radius 3 is 2.72 bits per heavy atom. The van der Waals surface area contributed by atoms with Gasteiger partial charge in [-0.3, -0.25) is 9.59 Å². The first kappa shape index (κ1) is 16.9. The lowest BCUT2D eigenvalue weighted by atomic mass is 9.63. The molecule has 4 rings (SSSR count). The monoisotopic (exact) mass is 453 g/mol. The summed E-state index contributed by atoms with van der Waals surface area (Å²) in [6, 6.07) is 6.79. The fraction of sp³-hybridized carbons (Fsp3) is 0.471. The Morgan fingerprint density at radius 2 is 2.12 bits per heavy atom. The first-order chi connectivity index (χ1) is 11.6. The van der Waals surface area contributed by atoms with Crippen molar-refractivity contribution in [1.29, 1.82) is 5.26 Å². The lowest BCUT2D eigenvalue weighted by Gasteiger charge is -2.39. The smallest absolute Gasteiger partial charge is 0.257 e. The molecule has 0 radical (unpaired) electrons. The number of hydrogen-bond acceptors (Lipinski definition) is 6. The molecule has 7 nitrogen and oxygen atoms in total. The molecular formula is C17H16IN3O4. The van der Waals surface area contributed by atoms with Crippen molar-refractivity contribution in [2.24, 2.45) is 11.7 Å². The molecule has 2 unspecified atom stereocenters. The molecule has 25 heavy (non-hydrogen) atoms. The number of anilines is 1. The second-order valence-electron chi connectivity index (χ2n) is 7.29. The van der Waals surface area contributed by atoms with Gasteiger partial charge in [-0.25, -0.2) is 4.90 Å². The fourth-order valence-corrected chi connectivity index (χ4v) is 5.23. The fourth-order valence-electron chi connectivity index (χ4n) is 4.61. The third kappa shape index (κ3) is 1.74. The van der Waals surface area contributed by atoms with Crippen LogP contribution in [0.4, 0.5) is 5.69 Å². The number of rotatable bonds is 1. The van der Waals surface area contributed by atoms with E-state index in [0.717, 1.165) is 4.90 Å². The number of hydrogen-bond donors (Lipinski definition) is 2. The standard InChI is InChI=1S/C17H16IN3O4/c1-15-6-11(22)16(2,25-15)12-13(23)21(14(24)17(12,15)20)9-4-3-8(7-19)10(18)5-9/h3-5,11-12,22H,6,20H2,1-2H3/t11-,12-,15?,16?,17-/m0/s1. The highest BCUT2D eigenvalue weighted by atomic mass is 127. The largest absolute Gasteiger partial charge is 0.390 e. The van der Waals surface area contributed by atoms with Gasteiger partial charge in [0.25, 0.3) is 5.91 Å². The second-order valence-corrected chi connectivity index (χ2v) is 8.46. The zero-order valence-corrected chi connectivity index (χ0v) is 15.8. The van der Waals surface area contributed by atoms with E-state index in [9.17, 15) is 14.7 Å². The molecular weight excluding hydrogens is 437 g/mol. The molecule has 3 aliphatic heterocycles. The average Bonchev–Trinajstić information content (AvgIpc) is 2.97. The Morgan fingerprint density at radius 1 is 1.44 bits per heavy atom. The van der Waals surface area contributed by atoms with Crippen molar-refractivity contribution in [3.05, 3.63) is 27.3 Å². The second kappa shape index (κ2) is 4.79. The molecule has 0 aromatic heterocycles. The zero-order chi connectivity index (χ0) is 18.4. The molecule has 5 atom stereocenters. The minimum absolute atomic E-state index is 0.203. The summed E-state index contributed by atoms with van der Waals surface area (Å²) in [5.74, 6) is -1.95. The van der Waals surface area contributed by atoms with Crippen LogP contribution in [0.25, 0.3) is 0 Å². The van der Waals surface area contributed by atoms with E-state index >= 15 is 0 Å². The van der Waals surface area contributed by atoms with Crippen molar-refractivity contribution in [1.82, 2.24) is 0 Å². The van der Waals surface area contributed by atoms with Gasteiger partial charge < -0.3 is 15.6 Å². The van der Waals surface area contributed by atoms with Crippen LogP contribution in [0.1, 0.15) is 25.8 Å². The van der Waals surface area contributed by atoms with Crippen LogP contribution in [0.15, 0.2) is 18.2 Å². The molecule has 3 aliphatic rings. The molecule has 3 saturated heterocycles. The number of nitriles is 1. The van der Waals surface area contributed by atoms with Crippen LogP contribution in [0.3, 0.4) is 0 Å². The van der Waals surface area contributed by atoms with Gasteiger partial charge in [0, 0.05) is 9.99 Å². The maximum Gasteiger partial charge on any atom is 0.257 e. The zero-order valence-electron chi connectivity index (χ0n) is 13.6. The average molecular weight is 453 g/mol. The van der Waals surface area contributed by atoms with Crippen LogP contribution < -0.4 is 10.6 Å². The number of ether oxygens (including phenoxy) is 1. The van der Waals surface area contributed by atoms with Gasteiger partial charge in [0.15, 0.2) is 0 Å². The van der Waals surface area contributed by atoms with Crippen molar-refractivity contribution in [3.8, 4) is 6.07 Å². The predicted molar refractivity (Wildman–Crippen MR) is 95.3 cm³/mol. The van der Waals surface area contributed by atoms with E-state index in [1.54, 1.807) is 32.0 Å². The summed E-state index contributed by atoms with van der Waals surface area (Å²) in [6.45, 7) is 3.32. The van der Waals surface area contributed by atoms with E-state index in [-0.39, 0.29) is 6.42 Å². The van der Waals surface area contributed by atoms with E-state index in [0.29, 0.717) is 14.8 Å². The van der Waals surface area contributed by atoms with Gasteiger partial charge >= 0.3 is 0 Å². The third-order valence-electron chi connectivity index (χ3n) is 5.95. The normalized spacial score (nSPS) is 42.0. The molecule has 0 spiro atoms. The summed E-state index contributed by atoms with van der Waals surface area (Å²) in [5.41, 5.74) is 3.51. The summed E-state index contributed by atoms with van der Waals surface area (Å²) in [5, 5.41) is 19.4. The highest BCUT2D eigenvalue weighted by molar-refractivity contribution is 14.1. The van der Waals surface area contributed by atoms with E-state index in [4.69, 9.17) is 15.7 Å². The Labute approximate surface area is 157 Å². The molecule has 0 aliphatic carbocycles. The SMILES string of the molecule is CC12OC(C)(C[C@@H]1O)[C@@]1(N)C(=O)N(c3ccc(C#N)c(I)c3)C(=O)[C@@H]21. The van der Waals surface area contributed by atoms with Crippen molar-refractivity contribution in [3.63, 3.8) is 0 Å². The first-order valence-corrected chi connectivity index (χ1v) is 8.93. The molecule has 3 fully saturated rings. The lowest BCUT2D eigenvalue weighted by Crippen LogP contribution is -2.67. The van der Waals surface area contributed by atoms with Crippen LogP contribution in [0, 0.1) is 20.8 Å². The van der Waals surface area contributed by atoms with Gasteiger partial charge in [-0.15, -0.1) is 0 Å². The third-order valence-corrected chi connectivity index (χ3v) is 6.84. The summed E-state index contributed by atoms with van der Waals surface area (Å²) in [7, 11) is 0. The van der Waals surface area contributed by atoms with Crippen LogP contribution in [0.5, 0.6) is 0 Å². The Kier molecular flexibility index (Phi) is 3.24. The van der Waals surface area contributed by atoms with E-state index < -0.39 is 40.6 Å². The number of nitrogens with zero attached hydrogens (tertiary/aromatic N) is 2. The molecule has 3 heterocycles. The molecule has 2 bridgehead atoms. The van der Waals surface area contributed by atoms with Crippen LogP contribution in [0.2, 0.25) is 0 Å². The van der Waals surface area contributed by atoms with Crippen molar-refractivity contribution in [2.45, 2.75) is 43.1 Å². The topological polar surface area (TPSA) is 117 Å².